The van der Waals surface area contributed by atoms with Gasteiger partial charge in [0.2, 0.25) is 5.91 Å². The van der Waals surface area contributed by atoms with Crippen LogP contribution in [0.3, 0.4) is 0 Å². The Morgan fingerprint density at radius 2 is 2.12 bits per heavy atom. The molecule has 9 heteroatoms. The van der Waals surface area contributed by atoms with Crippen LogP contribution in [0.1, 0.15) is 42.5 Å². The van der Waals surface area contributed by atoms with E-state index >= 15 is 0 Å². The molecule has 0 unspecified atom stereocenters. The van der Waals surface area contributed by atoms with Crippen LogP contribution in [0, 0.1) is 6.92 Å². The Kier molecular flexibility index (Phi) is 5.76. The number of hydrogen-bond donors (Lipinski definition) is 2. The number of carbonyl (C=O) groups excluding carboxylic acids is 2. The van der Waals surface area contributed by atoms with Crippen LogP contribution < -0.4 is 10.6 Å². The summed E-state index contributed by atoms with van der Waals surface area (Å²) in [5.74, 6) is -0.542. The first kappa shape index (κ1) is 18.2. The molecule has 24 heavy (non-hydrogen) atoms. The van der Waals surface area contributed by atoms with Crippen LogP contribution in [0.15, 0.2) is 16.9 Å². The lowest BCUT2D eigenvalue weighted by Gasteiger charge is -2.13. The van der Waals surface area contributed by atoms with Gasteiger partial charge in [-0.05, 0) is 36.2 Å². The standard InChI is InChI=1S/C15H21BrN6O2/c1-5-6-17-15(24)13-12(7-18-21(13)4)19-14(23)10(3)22-8-11(16)9(2)20-22/h7-8,10H,5-6H2,1-4H3,(H,17,24)(H,19,23)/t10-/m0/s1. The normalized spacial score (nSPS) is 12.0. The first-order valence-electron chi connectivity index (χ1n) is 7.67. The molecule has 0 aliphatic carbocycles. The molecule has 0 aliphatic heterocycles. The van der Waals surface area contributed by atoms with Gasteiger partial charge in [0.05, 0.1) is 22.1 Å². The van der Waals surface area contributed by atoms with Gasteiger partial charge in [-0.15, -0.1) is 0 Å². The van der Waals surface area contributed by atoms with Crippen molar-refractivity contribution in [2.24, 2.45) is 7.05 Å². The van der Waals surface area contributed by atoms with Crippen LogP contribution in [0.4, 0.5) is 5.69 Å². The maximum atomic E-state index is 12.5. The van der Waals surface area contributed by atoms with Crippen LogP contribution >= 0.6 is 15.9 Å². The maximum absolute atomic E-state index is 12.5. The van der Waals surface area contributed by atoms with E-state index in [9.17, 15) is 9.59 Å². The molecule has 1 atom stereocenters. The van der Waals surface area contributed by atoms with Gasteiger partial charge in [0, 0.05) is 19.8 Å². The van der Waals surface area contributed by atoms with E-state index in [0.717, 1.165) is 16.6 Å². The van der Waals surface area contributed by atoms with Gasteiger partial charge in [0.25, 0.3) is 5.91 Å². The quantitative estimate of drug-likeness (QED) is 0.780. The van der Waals surface area contributed by atoms with E-state index in [1.165, 1.54) is 10.9 Å². The Morgan fingerprint density at radius 3 is 2.71 bits per heavy atom. The molecular formula is C15H21BrN6O2. The highest BCUT2D eigenvalue weighted by Gasteiger charge is 2.22. The summed E-state index contributed by atoms with van der Waals surface area (Å²) in [5, 5.41) is 13.9. The second-order valence-corrected chi connectivity index (χ2v) is 6.35. The predicted molar refractivity (Wildman–Crippen MR) is 93.8 cm³/mol. The highest BCUT2D eigenvalue weighted by atomic mass is 79.9. The number of carbonyl (C=O) groups is 2. The summed E-state index contributed by atoms with van der Waals surface area (Å²) < 4.78 is 3.85. The average Bonchev–Trinajstić information content (AvgIpc) is 3.07. The molecule has 8 nitrogen and oxygen atoms in total. The number of aromatic nitrogens is 4. The van der Waals surface area contributed by atoms with Gasteiger partial charge in [-0.25, -0.2) is 0 Å². The van der Waals surface area contributed by atoms with Crippen molar-refractivity contribution in [2.75, 3.05) is 11.9 Å². The molecule has 130 valence electrons. The molecule has 2 rings (SSSR count). The molecule has 2 aromatic rings. The minimum absolute atomic E-state index is 0.266. The number of nitrogens with zero attached hydrogens (tertiary/aromatic N) is 4. The largest absolute Gasteiger partial charge is 0.351 e. The Morgan fingerprint density at radius 1 is 1.42 bits per heavy atom. The van der Waals surface area contributed by atoms with E-state index in [4.69, 9.17) is 0 Å². The lowest BCUT2D eigenvalue weighted by Crippen LogP contribution is -2.29. The molecule has 2 N–H and O–H groups in total. The monoisotopic (exact) mass is 396 g/mol. The van der Waals surface area contributed by atoms with Crippen LogP contribution in [0.25, 0.3) is 0 Å². The van der Waals surface area contributed by atoms with E-state index in [1.807, 2.05) is 13.8 Å². The van der Waals surface area contributed by atoms with Gasteiger partial charge in [-0.2, -0.15) is 10.2 Å². The van der Waals surface area contributed by atoms with Gasteiger partial charge in [0.15, 0.2) is 0 Å². The molecule has 2 aromatic heterocycles. The fourth-order valence-corrected chi connectivity index (χ4v) is 2.42. The van der Waals surface area contributed by atoms with E-state index in [1.54, 1.807) is 24.9 Å². The van der Waals surface area contributed by atoms with Crippen LogP contribution in [-0.2, 0) is 11.8 Å². The second kappa shape index (κ2) is 7.61. The number of nitrogens with one attached hydrogen (secondary N) is 2. The minimum Gasteiger partial charge on any atom is -0.351 e. The van der Waals surface area contributed by atoms with Crippen molar-refractivity contribution < 1.29 is 9.59 Å². The van der Waals surface area contributed by atoms with Crippen LogP contribution in [0.5, 0.6) is 0 Å². The fourth-order valence-electron chi connectivity index (χ4n) is 2.14. The Bertz CT molecular complexity index is 732. The lowest BCUT2D eigenvalue weighted by molar-refractivity contribution is -0.119. The summed E-state index contributed by atoms with van der Waals surface area (Å²) in [4.78, 5) is 24.7. The van der Waals surface area contributed by atoms with Crippen molar-refractivity contribution in [3.05, 3.63) is 28.3 Å². The molecule has 0 fully saturated rings. The zero-order valence-electron chi connectivity index (χ0n) is 14.1. The third kappa shape index (κ3) is 3.84. The van der Waals surface area contributed by atoms with E-state index in [0.29, 0.717) is 17.9 Å². The molecule has 0 saturated heterocycles. The summed E-state index contributed by atoms with van der Waals surface area (Å²) in [6.07, 6.45) is 4.04. The summed E-state index contributed by atoms with van der Waals surface area (Å²) in [6, 6.07) is -0.526. The first-order chi connectivity index (χ1) is 11.3. The summed E-state index contributed by atoms with van der Waals surface area (Å²) in [5.41, 5.74) is 1.50. The summed E-state index contributed by atoms with van der Waals surface area (Å²) in [6.45, 7) is 6.12. The van der Waals surface area contributed by atoms with Crippen LogP contribution in [0.2, 0.25) is 0 Å². The molecule has 0 aromatic carbocycles. The van der Waals surface area contributed by atoms with Gasteiger partial charge in [-0.3, -0.25) is 19.0 Å². The van der Waals surface area contributed by atoms with Gasteiger partial charge < -0.3 is 10.6 Å². The highest BCUT2D eigenvalue weighted by Crippen LogP contribution is 2.19. The number of anilines is 1. The zero-order valence-corrected chi connectivity index (χ0v) is 15.7. The first-order valence-corrected chi connectivity index (χ1v) is 8.46. The summed E-state index contributed by atoms with van der Waals surface area (Å²) >= 11 is 3.38. The second-order valence-electron chi connectivity index (χ2n) is 5.49. The highest BCUT2D eigenvalue weighted by molar-refractivity contribution is 9.10. The van der Waals surface area contributed by atoms with E-state index < -0.39 is 6.04 Å². The molecule has 0 bridgehead atoms. The third-order valence-electron chi connectivity index (χ3n) is 3.58. The smallest absolute Gasteiger partial charge is 0.271 e. The maximum Gasteiger partial charge on any atom is 0.271 e. The average molecular weight is 397 g/mol. The SMILES string of the molecule is CCCNC(=O)c1c(NC(=O)[C@H](C)n2cc(Br)c(C)n2)cnn1C. The van der Waals surface area contributed by atoms with Crippen molar-refractivity contribution in [1.29, 1.82) is 0 Å². The number of hydrogen-bond acceptors (Lipinski definition) is 4. The fraction of sp³-hybridized carbons (Fsp3) is 0.467. The Labute approximate surface area is 148 Å². The third-order valence-corrected chi connectivity index (χ3v) is 4.36. The molecule has 2 heterocycles. The topological polar surface area (TPSA) is 93.8 Å². The summed E-state index contributed by atoms with van der Waals surface area (Å²) in [7, 11) is 1.66. The van der Waals surface area contributed by atoms with E-state index in [-0.39, 0.29) is 11.8 Å². The molecular weight excluding hydrogens is 376 g/mol. The van der Waals surface area contributed by atoms with Gasteiger partial charge in [-0.1, -0.05) is 6.92 Å². The van der Waals surface area contributed by atoms with E-state index in [2.05, 4.69) is 36.8 Å². The van der Waals surface area contributed by atoms with Crippen molar-refractivity contribution in [3.8, 4) is 0 Å². The van der Waals surface area contributed by atoms with Gasteiger partial charge in [0.1, 0.15) is 11.7 Å². The Balaban J connectivity index is 2.15. The van der Waals surface area contributed by atoms with Gasteiger partial charge >= 0.3 is 0 Å². The van der Waals surface area contributed by atoms with Crippen molar-refractivity contribution in [3.63, 3.8) is 0 Å². The number of amides is 2. The molecule has 0 radical (unpaired) electrons. The molecule has 0 saturated carbocycles. The van der Waals surface area contributed by atoms with Crippen molar-refractivity contribution in [1.82, 2.24) is 24.9 Å². The lowest BCUT2D eigenvalue weighted by atomic mass is 10.2. The number of rotatable bonds is 6. The minimum atomic E-state index is -0.526. The van der Waals surface area contributed by atoms with Crippen molar-refractivity contribution in [2.45, 2.75) is 33.2 Å². The molecule has 2 amide bonds. The molecule has 0 aliphatic rings. The zero-order chi connectivity index (χ0) is 17.9. The van der Waals surface area contributed by atoms with Crippen LogP contribution in [-0.4, -0.2) is 37.9 Å². The molecule has 0 spiro atoms. The predicted octanol–water partition coefficient (Wildman–Crippen LogP) is 2.03. The Hall–Kier alpha value is -2.16. The number of aryl methyl sites for hydroxylation is 2. The van der Waals surface area contributed by atoms with Crippen molar-refractivity contribution >= 4 is 33.4 Å². The number of halogens is 1.